The van der Waals surface area contributed by atoms with Gasteiger partial charge in [-0.25, -0.2) is 4.39 Å². The van der Waals surface area contributed by atoms with Gasteiger partial charge in [0.15, 0.2) is 11.5 Å². The lowest BCUT2D eigenvalue weighted by Crippen LogP contribution is -2.37. The zero-order valence-electron chi connectivity index (χ0n) is 12.1. The maximum Gasteiger partial charge on any atom is 0.276 e. The van der Waals surface area contributed by atoms with Crippen LogP contribution in [0.2, 0.25) is 5.02 Å². The Morgan fingerprint density at radius 2 is 2.00 bits per heavy atom. The van der Waals surface area contributed by atoms with Crippen LogP contribution in [0.4, 0.5) is 15.9 Å². The van der Waals surface area contributed by atoms with Crippen LogP contribution in [0.3, 0.4) is 0 Å². The number of aromatic nitrogens is 2. The maximum atomic E-state index is 13.1. The molecule has 1 aliphatic heterocycles. The summed E-state index contributed by atoms with van der Waals surface area (Å²) >= 11 is 5.68. The summed E-state index contributed by atoms with van der Waals surface area (Å²) in [5.41, 5.74) is 0.558. The molecule has 0 spiro atoms. The van der Waals surface area contributed by atoms with Crippen molar-refractivity contribution in [2.75, 3.05) is 36.5 Å². The lowest BCUT2D eigenvalue weighted by Gasteiger charge is -2.27. The number of hydrogen-bond donors (Lipinski definition) is 1. The van der Waals surface area contributed by atoms with Crippen molar-refractivity contribution in [2.24, 2.45) is 0 Å². The first-order valence-electron chi connectivity index (χ1n) is 7.06. The molecule has 1 fully saturated rings. The highest BCUT2D eigenvalue weighted by atomic mass is 35.5. The Balaban J connectivity index is 1.68. The second-order valence-corrected chi connectivity index (χ2v) is 5.37. The van der Waals surface area contributed by atoms with Crippen LogP contribution in [0.1, 0.15) is 10.5 Å². The fourth-order valence-electron chi connectivity index (χ4n) is 2.18. The van der Waals surface area contributed by atoms with E-state index in [9.17, 15) is 9.18 Å². The molecule has 1 N–H and O–H groups in total. The van der Waals surface area contributed by atoms with E-state index < -0.39 is 11.7 Å². The Labute approximate surface area is 137 Å². The Bertz CT molecular complexity index is 705. The quantitative estimate of drug-likeness (QED) is 0.932. The third-order valence-electron chi connectivity index (χ3n) is 3.40. The number of rotatable bonds is 3. The number of nitrogens with zero attached hydrogens (tertiary/aromatic N) is 3. The highest BCUT2D eigenvalue weighted by Gasteiger charge is 2.15. The third-order valence-corrected chi connectivity index (χ3v) is 3.69. The Hall–Kier alpha value is -2.25. The average molecular weight is 337 g/mol. The van der Waals surface area contributed by atoms with Crippen LogP contribution in [0.15, 0.2) is 30.3 Å². The maximum absolute atomic E-state index is 13.1. The van der Waals surface area contributed by atoms with E-state index in [1.165, 1.54) is 18.2 Å². The summed E-state index contributed by atoms with van der Waals surface area (Å²) in [6.07, 6.45) is 0. The fourth-order valence-corrected chi connectivity index (χ4v) is 2.36. The lowest BCUT2D eigenvalue weighted by molar-refractivity contribution is 0.102. The molecule has 1 saturated heterocycles. The molecule has 0 aliphatic carbocycles. The van der Waals surface area contributed by atoms with Gasteiger partial charge >= 0.3 is 0 Å². The first kappa shape index (κ1) is 15.6. The summed E-state index contributed by atoms with van der Waals surface area (Å²) in [4.78, 5) is 14.2. The molecule has 0 bridgehead atoms. The number of carbonyl (C=O) groups is 1. The molecule has 1 aliphatic rings. The number of benzene rings is 1. The number of amides is 1. The van der Waals surface area contributed by atoms with E-state index in [1.807, 2.05) is 4.90 Å². The van der Waals surface area contributed by atoms with Crippen LogP contribution in [-0.4, -0.2) is 42.4 Å². The van der Waals surface area contributed by atoms with Crippen molar-refractivity contribution >= 4 is 29.0 Å². The zero-order valence-corrected chi connectivity index (χ0v) is 12.9. The van der Waals surface area contributed by atoms with Crippen LogP contribution in [-0.2, 0) is 4.74 Å². The number of carbonyl (C=O) groups excluding carboxylic acids is 1. The van der Waals surface area contributed by atoms with Gasteiger partial charge in [-0.05, 0) is 30.3 Å². The third kappa shape index (κ3) is 3.75. The van der Waals surface area contributed by atoms with E-state index >= 15 is 0 Å². The van der Waals surface area contributed by atoms with E-state index in [1.54, 1.807) is 12.1 Å². The Kier molecular flexibility index (Phi) is 4.68. The molecule has 0 radical (unpaired) electrons. The Morgan fingerprint density at radius 1 is 1.22 bits per heavy atom. The van der Waals surface area contributed by atoms with Gasteiger partial charge in [-0.1, -0.05) is 11.6 Å². The van der Waals surface area contributed by atoms with Gasteiger partial charge in [0.25, 0.3) is 5.91 Å². The van der Waals surface area contributed by atoms with Crippen LogP contribution in [0.25, 0.3) is 0 Å². The average Bonchev–Trinajstić information content (AvgIpc) is 2.59. The molecule has 1 amide bonds. The van der Waals surface area contributed by atoms with Crippen molar-refractivity contribution in [3.05, 3.63) is 46.9 Å². The summed E-state index contributed by atoms with van der Waals surface area (Å²) < 4.78 is 18.4. The lowest BCUT2D eigenvalue weighted by atomic mass is 10.3. The minimum atomic E-state index is -0.542. The number of anilines is 2. The van der Waals surface area contributed by atoms with Crippen molar-refractivity contribution in [2.45, 2.75) is 0 Å². The molecular formula is C15H14ClFN4O2. The van der Waals surface area contributed by atoms with Crippen molar-refractivity contribution < 1.29 is 13.9 Å². The minimum absolute atomic E-state index is 0.0588. The minimum Gasteiger partial charge on any atom is -0.378 e. The van der Waals surface area contributed by atoms with Gasteiger partial charge in [0.05, 0.1) is 18.2 Å². The van der Waals surface area contributed by atoms with Crippen LogP contribution in [0, 0.1) is 5.82 Å². The van der Waals surface area contributed by atoms with E-state index in [0.717, 1.165) is 13.1 Å². The van der Waals surface area contributed by atoms with Crippen molar-refractivity contribution in [3.63, 3.8) is 0 Å². The molecule has 0 saturated carbocycles. The summed E-state index contributed by atoms with van der Waals surface area (Å²) in [6.45, 7) is 2.78. The number of halogens is 2. The monoisotopic (exact) mass is 336 g/mol. The van der Waals surface area contributed by atoms with Gasteiger partial charge in [0.1, 0.15) is 5.82 Å². The second-order valence-electron chi connectivity index (χ2n) is 4.96. The number of ether oxygens (including phenoxy) is 1. The van der Waals surface area contributed by atoms with Gasteiger partial charge in [0.2, 0.25) is 0 Å². The predicted molar refractivity (Wildman–Crippen MR) is 84.4 cm³/mol. The van der Waals surface area contributed by atoms with Gasteiger partial charge < -0.3 is 15.0 Å². The second kappa shape index (κ2) is 6.89. The van der Waals surface area contributed by atoms with E-state index in [4.69, 9.17) is 16.3 Å². The molecule has 0 unspecified atom stereocenters. The first-order valence-corrected chi connectivity index (χ1v) is 7.44. The molecule has 1 aromatic heterocycles. The molecule has 1 aromatic carbocycles. The molecule has 2 heterocycles. The Morgan fingerprint density at radius 3 is 2.65 bits per heavy atom. The van der Waals surface area contributed by atoms with Crippen LogP contribution in [0.5, 0.6) is 0 Å². The van der Waals surface area contributed by atoms with Crippen molar-refractivity contribution in [3.8, 4) is 0 Å². The van der Waals surface area contributed by atoms with Crippen molar-refractivity contribution in [1.29, 1.82) is 0 Å². The molecule has 8 heteroatoms. The highest BCUT2D eigenvalue weighted by Crippen LogP contribution is 2.20. The zero-order chi connectivity index (χ0) is 16.2. The van der Waals surface area contributed by atoms with Crippen LogP contribution < -0.4 is 10.2 Å². The van der Waals surface area contributed by atoms with E-state index in [2.05, 4.69) is 15.5 Å². The SMILES string of the molecule is O=C(Nc1ccc(F)c(Cl)c1)c1ccc(N2CCOCC2)nn1. The standard InChI is InChI=1S/C15H14ClFN4O2/c16-11-9-10(1-2-12(11)17)18-15(22)13-3-4-14(20-19-13)21-5-7-23-8-6-21/h1-4,9H,5-8H2,(H,18,22). The van der Waals surface area contributed by atoms with Crippen LogP contribution >= 0.6 is 11.6 Å². The number of nitrogens with one attached hydrogen (secondary N) is 1. The largest absolute Gasteiger partial charge is 0.378 e. The topological polar surface area (TPSA) is 67.4 Å². The van der Waals surface area contributed by atoms with E-state index in [0.29, 0.717) is 24.7 Å². The predicted octanol–water partition coefficient (Wildman–Crippen LogP) is 2.36. The van der Waals surface area contributed by atoms with Crippen molar-refractivity contribution in [1.82, 2.24) is 10.2 Å². The summed E-state index contributed by atoms with van der Waals surface area (Å²) in [6, 6.07) is 7.28. The van der Waals surface area contributed by atoms with Gasteiger partial charge in [-0.2, -0.15) is 0 Å². The van der Waals surface area contributed by atoms with Gasteiger partial charge in [0, 0.05) is 18.8 Å². The summed E-state index contributed by atoms with van der Waals surface area (Å²) in [7, 11) is 0. The molecule has 0 atom stereocenters. The van der Waals surface area contributed by atoms with E-state index in [-0.39, 0.29) is 10.7 Å². The smallest absolute Gasteiger partial charge is 0.276 e. The fraction of sp³-hybridized carbons (Fsp3) is 0.267. The first-order chi connectivity index (χ1) is 11.1. The molecule has 3 rings (SSSR count). The van der Waals surface area contributed by atoms with Gasteiger partial charge in [-0.3, -0.25) is 4.79 Å². The number of morpholine rings is 1. The number of hydrogen-bond acceptors (Lipinski definition) is 5. The molecule has 120 valence electrons. The van der Waals surface area contributed by atoms with Gasteiger partial charge in [-0.15, -0.1) is 10.2 Å². The molecular weight excluding hydrogens is 323 g/mol. The molecule has 23 heavy (non-hydrogen) atoms. The normalized spacial score (nSPS) is 14.6. The summed E-state index contributed by atoms with van der Waals surface area (Å²) in [5, 5.41) is 10.5. The molecule has 2 aromatic rings. The molecule has 6 nitrogen and oxygen atoms in total. The highest BCUT2D eigenvalue weighted by molar-refractivity contribution is 6.31. The summed E-state index contributed by atoms with van der Waals surface area (Å²) in [5.74, 6) is -0.275.